The van der Waals surface area contributed by atoms with Gasteiger partial charge in [0.2, 0.25) is 0 Å². The van der Waals surface area contributed by atoms with Crippen LogP contribution in [-0.4, -0.2) is 0 Å². The molecule has 1 aliphatic carbocycles. The van der Waals surface area contributed by atoms with Gasteiger partial charge in [-0.25, -0.2) is 0 Å². The van der Waals surface area contributed by atoms with Gasteiger partial charge in [0.15, 0.2) is 0 Å². The lowest BCUT2D eigenvalue weighted by molar-refractivity contribution is 1.26. The molecule has 106 valence electrons. The predicted octanol–water partition coefficient (Wildman–Crippen LogP) is 6.10. The van der Waals surface area contributed by atoms with Gasteiger partial charge < -0.3 is 0 Å². The lowest BCUT2D eigenvalue weighted by Crippen LogP contribution is -1.85. The summed E-state index contributed by atoms with van der Waals surface area (Å²) in [5.41, 5.74) is 11.1. The van der Waals surface area contributed by atoms with E-state index in [-0.39, 0.29) is 0 Å². The van der Waals surface area contributed by atoms with Crippen LogP contribution in [0.1, 0.15) is 49.9 Å². The first kappa shape index (κ1) is 13.9. The van der Waals surface area contributed by atoms with Crippen molar-refractivity contribution in [3.05, 3.63) is 70.8 Å². The molecule has 0 radical (unpaired) electrons. The molecule has 0 heterocycles. The Hall–Kier alpha value is -2.08. The Morgan fingerprint density at radius 1 is 0.762 bits per heavy atom. The molecule has 0 bridgehead atoms. The number of benzene rings is 2. The summed E-state index contributed by atoms with van der Waals surface area (Å²) in [6.45, 7) is 8.56. The molecular formula is C21H22. The van der Waals surface area contributed by atoms with E-state index in [0.717, 1.165) is 6.42 Å². The molecule has 21 heavy (non-hydrogen) atoms. The minimum absolute atomic E-state index is 1.06. The Morgan fingerprint density at radius 3 is 1.57 bits per heavy atom. The maximum Gasteiger partial charge on any atom is -0.00134 e. The average Bonchev–Trinajstić information content (AvgIpc) is 2.90. The van der Waals surface area contributed by atoms with Crippen LogP contribution in [0.25, 0.3) is 22.3 Å². The highest BCUT2D eigenvalue weighted by Gasteiger charge is 2.19. The first-order chi connectivity index (χ1) is 10.1. The SMILES string of the molecule is C/C=C(/C)c1ccc2c(c1)-c1cc(/C(C)=C\C)ccc1C2. The molecule has 0 nitrogen and oxygen atoms in total. The second-order valence-electron chi connectivity index (χ2n) is 5.86. The Labute approximate surface area is 127 Å². The van der Waals surface area contributed by atoms with Crippen LogP contribution in [0.4, 0.5) is 0 Å². The van der Waals surface area contributed by atoms with E-state index in [4.69, 9.17) is 0 Å². The van der Waals surface area contributed by atoms with Crippen molar-refractivity contribution in [1.82, 2.24) is 0 Å². The van der Waals surface area contributed by atoms with Crippen LogP contribution in [0.3, 0.4) is 0 Å². The van der Waals surface area contributed by atoms with Crippen LogP contribution in [-0.2, 0) is 6.42 Å². The third kappa shape index (κ3) is 2.35. The largest absolute Gasteiger partial charge is 0.0841 e. The Morgan fingerprint density at radius 2 is 1.19 bits per heavy atom. The summed E-state index contributed by atoms with van der Waals surface area (Å²) in [5, 5.41) is 0. The van der Waals surface area contributed by atoms with Crippen molar-refractivity contribution in [2.24, 2.45) is 0 Å². The lowest BCUT2D eigenvalue weighted by Gasteiger charge is -2.08. The summed E-state index contributed by atoms with van der Waals surface area (Å²) >= 11 is 0. The fourth-order valence-corrected chi connectivity index (χ4v) is 2.99. The molecule has 0 atom stereocenters. The second-order valence-corrected chi connectivity index (χ2v) is 5.86. The van der Waals surface area contributed by atoms with E-state index in [1.165, 1.54) is 44.5 Å². The van der Waals surface area contributed by atoms with E-state index >= 15 is 0 Å². The van der Waals surface area contributed by atoms with Crippen LogP contribution < -0.4 is 0 Å². The van der Waals surface area contributed by atoms with Crippen LogP contribution in [0.5, 0.6) is 0 Å². The quantitative estimate of drug-likeness (QED) is 0.529. The molecule has 0 spiro atoms. The van der Waals surface area contributed by atoms with Crippen molar-refractivity contribution < 1.29 is 0 Å². The molecule has 0 N–H and O–H groups in total. The summed E-state index contributed by atoms with van der Waals surface area (Å²) in [5.74, 6) is 0. The third-order valence-corrected chi connectivity index (χ3v) is 4.67. The van der Waals surface area contributed by atoms with E-state index in [1.807, 2.05) is 0 Å². The van der Waals surface area contributed by atoms with Crippen LogP contribution in [0.2, 0.25) is 0 Å². The smallest absolute Gasteiger partial charge is 0.00134 e. The van der Waals surface area contributed by atoms with E-state index < -0.39 is 0 Å². The van der Waals surface area contributed by atoms with Gasteiger partial charge in [-0.15, -0.1) is 0 Å². The van der Waals surface area contributed by atoms with Gasteiger partial charge in [0, 0.05) is 0 Å². The van der Waals surface area contributed by atoms with Gasteiger partial charge in [0.25, 0.3) is 0 Å². The van der Waals surface area contributed by atoms with Crippen LogP contribution >= 0.6 is 0 Å². The molecule has 2 aromatic carbocycles. The van der Waals surface area contributed by atoms with Gasteiger partial charge in [-0.3, -0.25) is 0 Å². The monoisotopic (exact) mass is 274 g/mol. The molecular weight excluding hydrogens is 252 g/mol. The molecule has 0 amide bonds. The fraction of sp³-hybridized carbons (Fsp3) is 0.238. The summed E-state index contributed by atoms with van der Waals surface area (Å²) in [6, 6.07) is 13.8. The number of hydrogen-bond donors (Lipinski definition) is 0. The van der Waals surface area contributed by atoms with Crippen molar-refractivity contribution in [3.8, 4) is 11.1 Å². The molecule has 0 saturated heterocycles. The van der Waals surface area contributed by atoms with Gasteiger partial charge in [0.05, 0.1) is 0 Å². The first-order valence-electron chi connectivity index (χ1n) is 7.67. The molecule has 0 heteroatoms. The van der Waals surface area contributed by atoms with Gasteiger partial charge in [-0.1, -0.05) is 36.4 Å². The summed E-state index contributed by atoms with van der Waals surface area (Å²) < 4.78 is 0. The van der Waals surface area contributed by atoms with E-state index in [9.17, 15) is 0 Å². The molecule has 2 aromatic rings. The standard InChI is InChI=1S/C21H22/c1-5-14(3)16-7-9-18-11-19-10-8-17(15(4)6-2)13-21(19)20(18)12-16/h5-10,12-13H,11H2,1-4H3/b14-5-,15-6-. The third-order valence-electron chi connectivity index (χ3n) is 4.67. The molecule has 0 aromatic heterocycles. The highest BCUT2D eigenvalue weighted by Crippen LogP contribution is 2.39. The maximum absolute atomic E-state index is 2.35. The minimum atomic E-state index is 1.06. The maximum atomic E-state index is 2.35. The Bertz CT molecular complexity index is 692. The van der Waals surface area contributed by atoms with Crippen molar-refractivity contribution in [1.29, 1.82) is 0 Å². The lowest BCUT2D eigenvalue weighted by atomic mass is 9.97. The van der Waals surface area contributed by atoms with E-state index in [0.29, 0.717) is 0 Å². The Balaban J connectivity index is 2.15. The Kier molecular flexibility index (Phi) is 3.55. The molecule has 0 unspecified atom stereocenters. The molecule has 1 aliphatic rings. The van der Waals surface area contributed by atoms with E-state index in [1.54, 1.807) is 0 Å². The van der Waals surface area contributed by atoms with E-state index in [2.05, 4.69) is 76.2 Å². The van der Waals surface area contributed by atoms with Crippen molar-refractivity contribution in [2.45, 2.75) is 34.1 Å². The summed E-state index contributed by atoms with van der Waals surface area (Å²) in [6.07, 6.45) is 5.42. The van der Waals surface area contributed by atoms with Crippen molar-refractivity contribution in [3.63, 3.8) is 0 Å². The zero-order valence-electron chi connectivity index (χ0n) is 13.3. The number of hydrogen-bond acceptors (Lipinski definition) is 0. The number of fused-ring (bicyclic) bond motifs is 3. The number of allylic oxidation sites excluding steroid dienone is 4. The molecule has 0 saturated carbocycles. The summed E-state index contributed by atoms with van der Waals surface area (Å²) in [7, 11) is 0. The first-order valence-corrected chi connectivity index (χ1v) is 7.67. The normalized spacial score (nSPS) is 14.1. The second kappa shape index (κ2) is 5.37. The van der Waals surface area contributed by atoms with Crippen LogP contribution in [0, 0.1) is 0 Å². The van der Waals surface area contributed by atoms with Gasteiger partial charge in [-0.2, -0.15) is 0 Å². The topological polar surface area (TPSA) is 0 Å². The highest BCUT2D eigenvalue weighted by molar-refractivity contribution is 5.82. The van der Waals surface area contributed by atoms with Gasteiger partial charge in [0.1, 0.15) is 0 Å². The van der Waals surface area contributed by atoms with Crippen molar-refractivity contribution >= 4 is 11.1 Å². The highest BCUT2D eigenvalue weighted by atomic mass is 14.2. The zero-order chi connectivity index (χ0) is 15.0. The zero-order valence-corrected chi connectivity index (χ0v) is 13.3. The molecule has 3 rings (SSSR count). The summed E-state index contributed by atoms with van der Waals surface area (Å²) in [4.78, 5) is 0. The molecule has 0 fully saturated rings. The minimum Gasteiger partial charge on any atom is -0.0841 e. The fourth-order valence-electron chi connectivity index (χ4n) is 2.99. The van der Waals surface area contributed by atoms with Crippen molar-refractivity contribution in [2.75, 3.05) is 0 Å². The predicted molar refractivity (Wildman–Crippen MR) is 93.3 cm³/mol. The average molecular weight is 274 g/mol. The van der Waals surface area contributed by atoms with Crippen LogP contribution in [0.15, 0.2) is 48.6 Å². The number of rotatable bonds is 2. The molecule has 0 aliphatic heterocycles. The van der Waals surface area contributed by atoms with Gasteiger partial charge in [-0.05, 0) is 90.8 Å². The van der Waals surface area contributed by atoms with Gasteiger partial charge >= 0.3 is 0 Å².